The van der Waals surface area contributed by atoms with Gasteiger partial charge in [0.05, 0.1) is 15.6 Å². The van der Waals surface area contributed by atoms with Crippen molar-refractivity contribution >= 4 is 40.9 Å². The van der Waals surface area contributed by atoms with E-state index in [1.165, 1.54) is 23.1 Å². The predicted octanol–water partition coefficient (Wildman–Crippen LogP) is 2.66. The summed E-state index contributed by atoms with van der Waals surface area (Å²) in [6.07, 6.45) is 0.358. The Kier molecular flexibility index (Phi) is 7.13. The Balaban J connectivity index is 2.57. The molecule has 0 aliphatic heterocycles. The molecule has 1 N–H and O–H groups in total. The van der Waals surface area contributed by atoms with Crippen LogP contribution < -0.4 is 0 Å². The number of carbonyl (C=O) groups is 2. The number of benzene rings is 1. The van der Waals surface area contributed by atoms with E-state index >= 15 is 0 Å². The smallest absolute Gasteiger partial charge is 0.303 e. The van der Waals surface area contributed by atoms with Crippen LogP contribution in [0.25, 0.3) is 0 Å². The number of carboxylic acids is 1. The van der Waals surface area contributed by atoms with Crippen LogP contribution in [0.1, 0.15) is 12.8 Å². The van der Waals surface area contributed by atoms with Gasteiger partial charge in [0, 0.05) is 31.1 Å². The number of aliphatic carboxylic acids is 1. The topological polar surface area (TPSA) is 101 Å². The van der Waals surface area contributed by atoms with Crippen LogP contribution in [0.2, 0.25) is 5.02 Å². The summed E-state index contributed by atoms with van der Waals surface area (Å²) in [6, 6.07) is 4.27. The van der Waals surface area contributed by atoms with E-state index in [1.54, 1.807) is 7.05 Å². The molecule has 0 radical (unpaired) electrons. The summed E-state index contributed by atoms with van der Waals surface area (Å²) in [5.74, 6) is -1.10. The van der Waals surface area contributed by atoms with Gasteiger partial charge in [0.2, 0.25) is 5.91 Å². The Morgan fingerprint density at radius 1 is 1.45 bits per heavy atom. The van der Waals surface area contributed by atoms with Crippen LogP contribution in [0.5, 0.6) is 0 Å². The summed E-state index contributed by atoms with van der Waals surface area (Å²) in [5.41, 5.74) is -0.140. The zero-order valence-corrected chi connectivity index (χ0v) is 13.4. The average molecular weight is 347 g/mol. The summed E-state index contributed by atoms with van der Waals surface area (Å²) in [6.45, 7) is 0.328. The standard InChI is InChI=1S/C13H15ClN2O5S/c1-15(6-2-3-13(18)19)12(17)8-22-11-5-4-9(14)7-10(11)16(20)21/h4-5,7H,2-3,6,8H2,1H3,(H,18,19). The van der Waals surface area contributed by atoms with Crippen molar-refractivity contribution in [3.63, 3.8) is 0 Å². The van der Waals surface area contributed by atoms with Crippen molar-refractivity contribution in [2.24, 2.45) is 0 Å². The Bertz CT molecular complexity index is 582. The number of halogens is 1. The van der Waals surface area contributed by atoms with E-state index in [0.717, 1.165) is 11.8 Å². The molecular weight excluding hydrogens is 332 g/mol. The molecule has 0 spiro atoms. The molecule has 9 heteroatoms. The number of nitro benzene ring substituents is 1. The minimum atomic E-state index is -0.910. The SMILES string of the molecule is CN(CCCC(=O)O)C(=O)CSc1ccc(Cl)cc1[N+](=O)[O-]. The fraction of sp³-hybridized carbons (Fsp3) is 0.385. The summed E-state index contributed by atoms with van der Waals surface area (Å²) >= 11 is 6.77. The number of hydrogen-bond donors (Lipinski definition) is 1. The number of nitrogens with zero attached hydrogens (tertiary/aromatic N) is 2. The van der Waals surface area contributed by atoms with Crippen molar-refractivity contribution in [3.8, 4) is 0 Å². The fourth-order valence-corrected chi connectivity index (χ4v) is 2.71. The number of nitro groups is 1. The molecule has 0 aliphatic carbocycles. The highest BCUT2D eigenvalue weighted by molar-refractivity contribution is 8.00. The molecule has 0 bridgehead atoms. The van der Waals surface area contributed by atoms with Gasteiger partial charge in [-0.05, 0) is 18.6 Å². The minimum Gasteiger partial charge on any atom is -0.481 e. The van der Waals surface area contributed by atoms with Crippen LogP contribution in [-0.4, -0.2) is 46.2 Å². The summed E-state index contributed by atoms with van der Waals surface area (Å²) in [7, 11) is 1.57. The van der Waals surface area contributed by atoms with Crippen molar-refractivity contribution < 1.29 is 19.6 Å². The van der Waals surface area contributed by atoms with Gasteiger partial charge in [0.25, 0.3) is 5.69 Å². The highest BCUT2D eigenvalue weighted by atomic mass is 35.5. The first-order valence-corrected chi connectivity index (χ1v) is 7.70. The van der Waals surface area contributed by atoms with Gasteiger partial charge in [-0.25, -0.2) is 0 Å². The molecule has 0 aliphatic rings. The van der Waals surface area contributed by atoms with Gasteiger partial charge in [0.1, 0.15) is 0 Å². The summed E-state index contributed by atoms with van der Waals surface area (Å²) in [5, 5.41) is 19.7. The van der Waals surface area contributed by atoms with E-state index in [1.807, 2.05) is 0 Å². The molecule has 0 aromatic heterocycles. The lowest BCUT2D eigenvalue weighted by Gasteiger charge is -2.16. The Hall–Kier alpha value is -1.80. The summed E-state index contributed by atoms with van der Waals surface area (Å²) < 4.78 is 0. The lowest BCUT2D eigenvalue weighted by Crippen LogP contribution is -2.29. The molecule has 0 atom stereocenters. The van der Waals surface area contributed by atoms with Gasteiger partial charge in [-0.3, -0.25) is 19.7 Å². The van der Waals surface area contributed by atoms with Gasteiger partial charge in [0.15, 0.2) is 0 Å². The van der Waals surface area contributed by atoms with E-state index in [-0.39, 0.29) is 28.8 Å². The second kappa shape index (κ2) is 8.60. The number of amides is 1. The van der Waals surface area contributed by atoms with Crippen LogP contribution >= 0.6 is 23.4 Å². The van der Waals surface area contributed by atoms with Crippen molar-refractivity contribution in [2.75, 3.05) is 19.3 Å². The van der Waals surface area contributed by atoms with Crippen LogP contribution in [0.4, 0.5) is 5.69 Å². The number of carbonyl (C=O) groups excluding carboxylic acids is 1. The van der Waals surface area contributed by atoms with E-state index in [9.17, 15) is 19.7 Å². The Morgan fingerprint density at radius 3 is 2.73 bits per heavy atom. The average Bonchev–Trinajstić information content (AvgIpc) is 2.44. The predicted molar refractivity (Wildman–Crippen MR) is 83.3 cm³/mol. The first kappa shape index (κ1) is 18.2. The van der Waals surface area contributed by atoms with Crippen LogP contribution in [0.15, 0.2) is 23.1 Å². The molecule has 0 heterocycles. The third kappa shape index (κ3) is 5.90. The maximum atomic E-state index is 11.9. The summed E-state index contributed by atoms with van der Waals surface area (Å²) in [4.78, 5) is 34.5. The molecule has 22 heavy (non-hydrogen) atoms. The van der Waals surface area contributed by atoms with Gasteiger partial charge in [-0.15, -0.1) is 11.8 Å². The first-order chi connectivity index (χ1) is 10.3. The molecule has 0 saturated carbocycles. The van der Waals surface area contributed by atoms with Crippen LogP contribution in [-0.2, 0) is 9.59 Å². The Labute approximate surface area is 136 Å². The molecule has 1 rings (SSSR count). The first-order valence-electron chi connectivity index (χ1n) is 6.33. The van der Waals surface area contributed by atoms with E-state index in [4.69, 9.17) is 16.7 Å². The quantitative estimate of drug-likeness (QED) is 0.441. The van der Waals surface area contributed by atoms with E-state index < -0.39 is 10.9 Å². The molecule has 1 aromatic rings. The lowest BCUT2D eigenvalue weighted by atomic mass is 10.3. The second-order valence-corrected chi connectivity index (χ2v) is 5.92. The maximum Gasteiger partial charge on any atom is 0.303 e. The number of thioether (sulfide) groups is 1. The Morgan fingerprint density at radius 2 is 2.14 bits per heavy atom. The van der Waals surface area contributed by atoms with Crippen molar-refractivity contribution in [1.29, 1.82) is 0 Å². The maximum absolute atomic E-state index is 11.9. The minimum absolute atomic E-state index is 0.00653. The van der Waals surface area contributed by atoms with Crippen molar-refractivity contribution in [3.05, 3.63) is 33.3 Å². The molecule has 0 fully saturated rings. The van der Waals surface area contributed by atoms with Crippen LogP contribution in [0, 0.1) is 10.1 Å². The zero-order chi connectivity index (χ0) is 16.7. The van der Waals surface area contributed by atoms with Gasteiger partial charge in [-0.1, -0.05) is 11.6 Å². The molecule has 120 valence electrons. The zero-order valence-electron chi connectivity index (χ0n) is 11.8. The monoisotopic (exact) mass is 346 g/mol. The third-order valence-electron chi connectivity index (χ3n) is 2.78. The lowest BCUT2D eigenvalue weighted by molar-refractivity contribution is -0.387. The van der Waals surface area contributed by atoms with E-state index in [2.05, 4.69) is 0 Å². The van der Waals surface area contributed by atoms with E-state index in [0.29, 0.717) is 17.9 Å². The van der Waals surface area contributed by atoms with Crippen molar-refractivity contribution in [2.45, 2.75) is 17.7 Å². The largest absolute Gasteiger partial charge is 0.481 e. The van der Waals surface area contributed by atoms with Crippen molar-refractivity contribution in [1.82, 2.24) is 4.90 Å². The fourth-order valence-electron chi connectivity index (χ4n) is 1.60. The molecule has 1 aromatic carbocycles. The normalized spacial score (nSPS) is 10.3. The second-order valence-electron chi connectivity index (χ2n) is 4.47. The molecule has 7 nitrogen and oxygen atoms in total. The van der Waals surface area contributed by atoms with Gasteiger partial charge >= 0.3 is 5.97 Å². The van der Waals surface area contributed by atoms with Gasteiger partial charge in [-0.2, -0.15) is 0 Å². The van der Waals surface area contributed by atoms with Crippen LogP contribution in [0.3, 0.4) is 0 Å². The number of hydrogen-bond acceptors (Lipinski definition) is 5. The highest BCUT2D eigenvalue weighted by Crippen LogP contribution is 2.31. The highest BCUT2D eigenvalue weighted by Gasteiger charge is 2.17. The van der Waals surface area contributed by atoms with Gasteiger partial charge < -0.3 is 10.0 Å². The number of rotatable bonds is 8. The number of carboxylic acid groups (broad SMARTS) is 1. The molecule has 1 amide bonds. The molecule has 0 unspecified atom stereocenters. The third-order valence-corrected chi connectivity index (χ3v) is 4.06. The molecular formula is C13H15ClN2O5S. The molecule has 0 saturated heterocycles.